The molecule has 4 nitrogen and oxygen atoms in total. The number of hydrogen-bond acceptors (Lipinski definition) is 2. The molecule has 3 aromatic rings. The lowest BCUT2D eigenvalue weighted by Gasteiger charge is -2.19. The summed E-state index contributed by atoms with van der Waals surface area (Å²) in [4.78, 5) is 17.2. The van der Waals surface area contributed by atoms with Crippen molar-refractivity contribution in [2.75, 3.05) is 0 Å². The number of halogens is 1. The zero-order valence-corrected chi connectivity index (χ0v) is 16.7. The Morgan fingerprint density at radius 1 is 1.15 bits per heavy atom. The van der Waals surface area contributed by atoms with Gasteiger partial charge in [-0.15, -0.1) is 0 Å². The molecule has 2 aromatic carbocycles. The molecule has 0 aliphatic heterocycles. The van der Waals surface area contributed by atoms with Crippen LogP contribution in [0.15, 0.2) is 48.5 Å². The summed E-state index contributed by atoms with van der Waals surface area (Å²) in [6, 6.07) is 15.9. The summed E-state index contributed by atoms with van der Waals surface area (Å²) in [6.07, 6.45) is 3.27. The molecule has 0 saturated heterocycles. The van der Waals surface area contributed by atoms with Crippen LogP contribution in [0.3, 0.4) is 0 Å². The van der Waals surface area contributed by atoms with E-state index in [-0.39, 0.29) is 11.9 Å². The predicted octanol–water partition coefficient (Wildman–Crippen LogP) is 5.50. The van der Waals surface area contributed by atoms with Crippen LogP contribution in [0.1, 0.15) is 57.0 Å². The van der Waals surface area contributed by atoms with E-state index in [1.165, 1.54) is 0 Å². The highest BCUT2D eigenvalue weighted by atomic mass is 35.5. The van der Waals surface area contributed by atoms with E-state index in [2.05, 4.69) is 29.8 Å². The van der Waals surface area contributed by atoms with E-state index in [4.69, 9.17) is 16.6 Å². The lowest BCUT2D eigenvalue weighted by molar-refractivity contribution is -0.122. The molecule has 1 N–H and O–H groups in total. The van der Waals surface area contributed by atoms with Gasteiger partial charge in [0, 0.05) is 18.0 Å². The van der Waals surface area contributed by atoms with E-state index >= 15 is 0 Å². The van der Waals surface area contributed by atoms with Gasteiger partial charge in [-0.2, -0.15) is 0 Å². The smallest absolute Gasteiger partial charge is 0.220 e. The molecule has 1 amide bonds. The molecule has 1 aromatic heterocycles. The van der Waals surface area contributed by atoms with E-state index in [1.54, 1.807) is 0 Å². The first-order valence-electron chi connectivity index (χ1n) is 9.61. The molecule has 5 heteroatoms. The van der Waals surface area contributed by atoms with Gasteiger partial charge >= 0.3 is 0 Å². The summed E-state index contributed by atoms with van der Waals surface area (Å²) in [5, 5.41) is 3.90. The topological polar surface area (TPSA) is 46.9 Å². The largest absolute Gasteiger partial charge is 0.346 e. The number of carbonyl (C=O) groups is 1. The third-order valence-corrected chi connectivity index (χ3v) is 5.00. The van der Waals surface area contributed by atoms with Crippen molar-refractivity contribution in [1.82, 2.24) is 14.9 Å². The monoisotopic (exact) mass is 383 g/mol. The standard InChI is InChI=1S/C22H26ClN3O/c1-3-5-10-21(27)24-18(4-2)22-25-19-8-6-7-9-20(19)26(22)15-16-11-13-17(23)14-12-16/h6-9,11-14,18H,3-5,10,15H2,1-2H3,(H,24,27). The number of rotatable bonds is 8. The van der Waals surface area contributed by atoms with E-state index < -0.39 is 0 Å². The van der Waals surface area contributed by atoms with Crippen molar-refractivity contribution in [1.29, 1.82) is 0 Å². The van der Waals surface area contributed by atoms with Gasteiger partial charge in [-0.05, 0) is 42.7 Å². The van der Waals surface area contributed by atoms with Gasteiger partial charge in [0.2, 0.25) is 5.91 Å². The number of hydrogen-bond donors (Lipinski definition) is 1. The first kappa shape index (κ1) is 19.4. The quantitative estimate of drug-likeness (QED) is 0.558. The fourth-order valence-corrected chi connectivity index (χ4v) is 3.38. The van der Waals surface area contributed by atoms with Crippen molar-refractivity contribution in [3.05, 3.63) is 64.9 Å². The lowest BCUT2D eigenvalue weighted by atomic mass is 10.1. The van der Waals surface area contributed by atoms with E-state index in [1.807, 2.05) is 42.5 Å². The van der Waals surface area contributed by atoms with Crippen LogP contribution in [0.2, 0.25) is 5.02 Å². The van der Waals surface area contributed by atoms with Crippen molar-refractivity contribution in [3.8, 4) is 0 Å². The summed E-state index contributed by atoms with van der Waals surface area (Å²) in [7, 11) is 0. The molecule has 1 heterocycles. The maximum Gasteiger partial charge on any atom is 0.220 e. The number of carbonyl (C=O) groups excluding carboxylic acids is 1. The highest BCUT2D eigenvalue weighted by molar-refractivity contribution is 6.30. The molecule has 0 bridgehead atoms. The number of aromatic nitrogens is 2. The number of para-hydroxylation sites is 2. The average molecular weight is 384 g/mol. The van der Waals surface area contributed by atoms with Gasteiger partial charge in [0.1, 0.15) is 5.82 Å². The molecular weight excluding hydrogens is 358 g/mol. The molecule has 27 heavy (non-hydrogen) atoms. The number of imidazole rings is 1. The Bertz CT molecular complexity index is 902. The Morgan fingerprint density at radius 3 is 2.59 bits per heavy atom. The minimum absolute atomic E-state index is 0.0915. The number of amides is 1. The zero-order chi connectivity index (χ0) is 19.2. The molecule has 1 unspecified atom stereocenters. The summed E-state index contributed by atoms with van der Waals surface area (Å²) >= 11 is 6.03. The van der Waals surface area contributed by atoms with Crippen LogP contribution in [0.25, 0.3) is 11.0 Å². The van der Waals surface area contributed by atoms with Gasteiger partial charge in [0.05, 0.1) is 17.1 Å². The molecule has 0 saturated carbocycles. The first-order chi connectivity index (χ1) is 13.1. The third kappa shape index (κ3) is 4.69. The van der Waals surface area contributed by atoms with Crippen LogP contribution in [0, 0.1) is 0 Å². The van der Waals surface area contributed by atoms with Crippen molar-refractivity contribution in [3.63, 3.8) is 0 Å². The Hall–Kier alpha value is -2.33. The molecule has 142 valence electrons. The van der Waals surface area contributed by atoms with Crippen molar-refractivity contribution in [2.24, 2.45) is 0 Å². The van der Waals surface area contributed by atoms with Crippen LogP contribution in [0.4, 0.5) is 0 Å². The van der Waals surface area contributed by atoms with Crippen LogP contribution in [-0.2, 0) is 11.3 Å². The number of benzene rings is 2. The second kappa shape index (κ2) is 9.05. The molecular formula is C22H26ClN3O. The van der Waals surface area contributed by atoms with Crippen LogP contribution < -0.4 is 5.32 Å². The summed E-state index contributed by atoms with van der Waals surface area (Å²) in [6.45, 7) is 4.86. The lowest BCUT2D eigenvalue weighted by Crippen LogP contribution is -2.30. The first-order valence-corrected chi connectivity index (χ1v) is 9.99. The van der Waals surface area contributed by atoms with Crippen LogP contribution >= 0.6 is 11.6 Å². The van der Waals surface area contributed by atoms with Gasteiger partial charge < -0.3 is 9.88 Å². The van der Waals surface area contributed by atoms with E-state index in [0.29, 0.717) is 13.0 Å². The second-order valence-corrected chi connectivity index (χ2v) is 7.24. The zero-order valence-electron chi connectivity index (χ0n) is 15.9. The third-order valence-electron chi connectivity index (χ3n) is 4.75. The van der Waals surface area contributed by atoms with Gasteiger partial charge in [-0.25, -0.2) is 4.98 Å². The van der Waals surface area contributed by atoms with Gasteiger partial charge in [0.25, 0.3) is 0 Å². The predicted molar refractivity (Wildman–Crippen MR) is 111 cm³/mol. The van der Waals surface area contributed by atoms with Gasteiger partial charge in [0.15, 0.2) is 0 Å². The van der Waals surface area contributed by atoms with Crippen molar-refractivity contribution >= 4 is 28.5 Å². The normalized spacial score (nSPS) is 12.3. The van der Waals surface area contributed by atoms with Crippen LogP contribution in [-0.4, -0.2) is 15.5 Å². The molecule has 3 rings (SSSR count). The highest BCUT2D eigenvalue weighted by Crippen LogP contribution is 2.24. The average Bonchev–Trinajstić information content (AvgIpc) is 3.04. The summed E-state index contributed by atoms with van der Waals surface area (Å²) in [5.74, 6) is 0.993. The summed E-state index contributed by atoms with van der Waals surface area (Å²) in [5.41, 5.74) is 3.17. The Balaban J connectivity index is 1.95. The SMILES string of the molecule is CCCCC(=O)NC(CC)c1nc2ccccc2n1Cc1ccc(Cl)cc1. The molecule has 1 atom stereocenters. The molecule has 0 radical (unpaired) electrons. The number of nitrogens with zero attached hydrogens (tertiary/aromatic N) is 2. The van der Waals surface area contributed by atoms with Crippen molar-refractivity contribution in [2.45, 2.75) is 52.1 Å². The molecule has 0 aliphatic rings. The van der Waals surface area contributed by atoms with Gasteiger partial charge in [-0.3, -0.25) is 4.79 Å². The Kier molecular flexibility index (Phi) is 6.51. The maximum absolute atomic E-state index is 12.3. The van der Waals surface area contributed by atoms with Crippen molar-refractivity contribution < 1.29 is 4.79 Å². The maximum atomic E-state index is 12.3. The van der Waals surface area contributed by atoms with Gasteiger partial charge in [-0.1, -0.05) is 56.1 Å². The number of unbranched alkanes of at least 4 members (excludes halogenated alkanes) is 1. The van der Waals surface area contributed by atoms with E-state index in [0.717, 1.165) is 46.7 Å². The Labute approximate surface area is 165 Å². The highest BCUT2D eigenvalue weighted by Gasteiger charge is 2.20. The summed E-state index contributed by atoms with van der Waals surface area (Å²) < 4.78 is 2.20. The van der Waals surface area contributed by atoms with Crippen LogP contribution in [0.5, 0.6) is 0 Å². The Morgan fingerprint density at radius 2 is 1.89 bits per heavy atom. The molecule has 0 spiro atoms. The molecule has 0 fully saturated rings. The number of fused-ring (bicyclic) bond motifs is 1. The minimum atomic E-state index is -0.103. The second-order valence-electron chi connectivity index (χ2n) is 6.80. The number of nitrogens with one attached hydrogen (secondary N) is 1. The fraction of sp³-hybridized carbons (Fsp3) is 0.364. The van der Waals surface area contributed by atoms with E-state index in [9.17, 15) is 4.79 Å². The fourth-order valence-electron chi connectivity index (χ4n) is 3.25. The minimum Gasteiger partial charge on any atom is -0.346 e. The molecule has 0 aliphatic carbocycles.